The molecule has 0 aliphatic heterocycles. The predicted molar refractivity (Wildman–Crippen MR) is 139 cm³/mol. The van der Waals surface area contributed by atoms with Gasteiger partial charge in [-0.25, -0.2) is 0 Å². The van der Waals surface area contributed by atoms with E-state index in [-0.39, 0.29) is 11.2 Å². The van der Waals surface area contributed by atoms with Gasteiger partial charge in [-0.15, -0.1) is 0 Å². The van der Waals surface area contributed by atoms with Gasteiger partial charge in [0, 0.05) is 31.8 Å². The van der Waals surface area contributed by atoms with E-state index >= 15 is 0 Å². The van der Waals surface area contributed by atoms with Crippen molar-refractivity contribution in [3.63, 3.8) is 0 Å². The van der Waals surface area contributed by atoms with Gasteiger partial charge in [0.05, 0.1) is 0 Å². The summed E-state index contributed by atoms with van der Waals surface area (Å²) in [5.41, 5.74) is 0. The first-order valence-electron chi connectivity index (χ1n) is 12.9. The van der Waals surface area contributed by atoms with Crippen LogP contribution in [0.4, 0.5) is 4.79 Å². The number of esters is 1. The molecular weight excluding hydrogens is 420 g/mol. The van der Waals surface area contributed by atoms with Gasteiger partial charge in [-0.3, -0.25) is 9.59 Å². The van der Waals surface area contributed by atoms with Crippen LogP contribution in [0.5, 0.6) is 0 Å². The number of hydrogen-bond donors (Lipinski definition) is 0. The van der Waals surface area contributed by atoms with Crippen molar-refractivity contribution in [1.82, 2.24) is 9.80 Å². The number of carbonyl (C=O) groups excluding carboxylic acids is 2. The Hall–Kier alpha value is -1.01. The topological polar surface area (TPSA) is 49.9 Å². The molecule has 5 nitrogen and oxygen atoms in total. The van der Waals surface area contributed by atoms with Crippen LogP contribution in [0, 0.1) is 0 Å². The molecule has 0 rings (SSSR count). The normalized spacial score (nSPS) is 11.4. The molecule has 0 aromatic carbocycles. The van der Waals surface area contributed by atoms with E-state index in [4.69, 9.17) is 4.74 Å². The molecule has 32 heavy (non-hydrogen) atoms. The lowest BCUT2D eigenvalue weighted by Gasteiger charge is -2.22. The van der Waals surface area contributed by atoms with Crippen molar-refractivity contribution in [2.75, 3.05) is 46.1 Å². The number of nitrogens with zero attached hydrogens (tertiary/aromatic N) is 2. The first-order chi connectivity index (χ1) is 15.5. The number of unbranched alkanes of at least 4 members (excludes halogenated alkanes) is 9. The van der Waals surface area contributed by atoms with Crippen LogP contribution in [0.3, 0.4) is 0 Å². The van der Waals surface area contributed by atoms with Crippen molar-refractivity contribution in [1.29, 1.82) is 0 Å². The van der Waals surface area contributed by atoms with Gasteiger partial charge < -0.3 is 14.5 Å². The number of hydrogen-bond acceptors (Lipinski definition) is 5. The highest BCUT2D eigenvalue weighted by atomic mass is 32.2. The maximum Gasteiger partial charge on any atom is 0.306 e. The zero-order valence-corrected chi connectivity index (χ0v) is 22.2. The van der Waals surface area contributed by atoms with Crippen LogP contribution < -0.4 is 0 Å². The monoisotopic (exact) mass is 470 g/mol. The van der Waals surface area contributed by atoms with Crippen LogP contribution in [0.15, 0.2) is 12.2 Å². The molecule has 0 bridgehead atoms. The van der Waals surface area contributed by atoms with E-state index in [0.717, 1.165) is 57.5 Å². The molecule has 188 valence electrons. The van der Waals surface area contributed by atoms with E-state index in [1.54, 1.807) is 0 Å². The van der Waals surface area contributed by atoms with Gasteiger partial charge >= 0.3 is 5.97 Å². The van der Waals surface area contributed by atoms with E-state index in [1.165, 1.54) is 56.7 Å². The van der Waals surface area contributed by atoms with E-state index in [9.17, 15) is 9.59 Å². The van der Waals surface area contributed by atoms with E-state index < -0.39 is 0 Å². The zero-order chi connectivity index (χ0) is 23.9. The number of allylic oxidation sites excluding steroid dienone is 1. The van der Waals surface area contributed by atoms with Gasteiger partial charge in [0.15, 0.2) is 0 Å². The summed E-state index contributed by atoms with van der Waals surface area (Å²) < 4.78 is 5.28. The lowest BCUT2D eigenvalue weighted by atomic mass is 10.1. The van der Waals surface area contributed by atoms with E-state index in [2.05, 4.69) is 24.8 Å². The minimum absolute atomic E-state index is 0.118. The third-order valence-corrected chi connectivity index (χ3v) is 6.24. The Labute approximate surface area is 202 Å². The highest BCUT2D eigenvalue weighted by molar-refractivity contribution is 8.13. The first-order valence-corrected chi connectivity index (χ1v) is 13.9. The first kappa shape index (κ1) is 31.0. The molecule has 0 aromatic heterocycles. The summed E-state index contributed by atoms with van der Waals surface area (Å²) in [7, 11) is 4.06. The van der Waals surface area contributed by atoms with Crippen LogP contribution >= 0.6 is 11.8 Å². The average molecular weight is 471 g/mol. The van der Waals surface area contributed by atoms with Crippen molar-refractivity contribution in [2.24, 2.45) is 0 Å². The smallest absolute Gasteiger partial charge is 0.306 e. The second kappa shape index (κ2) is 23.2. The van der Waals surface area contributed by atoms with Crippen LogP contribution in [-0.2, 0) is 9.53 Å². The fraction of sp³-hybridized carbons (Fsp3) is 0.846. The third-order valence-electron chi connectivity index (χ3n) is 5.34. The number of amides is 1. The lowest BCUT2D eigenvalue weighted by Crippen LogP contribution is -2.30. The molecule has 0 unspecified atom stereocenters. The van der Waals surface area contributed by atoms with Gasteiger partial charge in [-0.2, -0.15) is 0 Å². The van der Waals surface area contributed by atoms with Crippen molar-refractivity contribution < 1.29 is 14.3 Å². The SMILES string of the molecule is CCCCCC/C=C\COC(=O)CCCCCN(CCCCCC)C(=O)SCCN(C)C. The maximum absolute atomic E-state index is 12.6. The molecule has 0 aliphatic rings. The zero-order valence-electron chi connectivity index (χ0n) is 21.4. The van der Waals surface area contributed by atoms with Crippen molar-refractivity contribution in [3.8, 4) is 0 Å². The summed E-state index contributed by atoms with van der Waals surface area (Å²) in [4.78, 5) is 28.6. The molecule has 0 atom stereocenters. The molecule has 0 heterocycles. The molecule has 0 saturated heterocycles. The number of rotatable bonds is 21. The van der Waals surface area contributed by atoms with Crippen LogP contribution in [0.2, 0.25) is 0 Å². The Morgan fingerprint density at radius 3 is 2.03 bits per heavy atom. The van der Waals surface area contributed by atoms with E-state index in [1.807, 2.05) is 25.1 Å². The Bertz CT molecular complexity index is 484. The summed E-state index contributed by atoms with van der Waals surface area (Å²) in [6, 6.07) is 0. The van der Waals surface area contributed by atoms with Crippen molar-refractivity contribution in [3.05, 3.63) is 12.2 Å². The lowest BCUT2D eigenvalue weighted by molar-refractivity contribution is -0.142. The minimum atomic E-state index is -0.118. The van der Waals surface area contributed by atoms with Gasteiger partial charge in [-0.05, 0) is 46.2 Å². The molecule has 1 amide bonds. The number of ether oxygens (including phenoxy) is 1. The molecule has 0 saturated carbocycles. The second-order valence-corrected chi connectivity index (χ2v) is 9.83. The average Bonchev–Trinajstić information content (AvgIpc) is 2.76. The predicted octanol–water partition coefficient (Wildman–Crippen LogP) is 6.91. The number of thioether (sulfide) groups is 1. The summed E-state index contributed by atoms with van der Waals surface area (Å²) in [5.74, 6) is 0.712. The summed E-state index contributed by atoms with van der Waals surface area (Å²) >= 11 is 1.43. The fourth-order valence-corrected chi connectivity index (χ4v) is 4.26. The largest absolute Gasteiger partial charge is 0.461 e. The van der Waals surface area contributed by atoms with Gasteiger partial charge in [0.1, 0.15) is 6.61 Å². The Morgan fingerprint density at radius 2 is 1.41 bits per heavy atom. The van der Waals surface area contributed by atoms with Crippen LogP contribution in [0.1, 0.15) is 97.3 Å². The maximum atomic E-state index is 12.6. The second-order valence-electron chi connectivity index (χ2n) is 8.78. The molecule has 0 N–H and O–H groups in total. The van der Waals surface area contributed by atoms with Crippen molar-refractivity contribution in [2.45, 2.75) is 97.3 Å². The highest BCUT2D eigenvalue weighted by Crippen LogP contribution is 2.13. The third kappa shape index (κ3) is 20.9. The minimum Gasteiger partial charge on any atom is -0.461 e. The Morgan fingerprint density at radius 1 is 0.781 bits per heavy atom. The van der Waals surface area contributed by atoms with Gasteiger partial charge in [0.2, 0.25) is 0 Å². The molecule has 0 aliphatic carbocycles. The van der Waals surface area contributed by atoms with Gasteiger partial charge in [0.25, 0.3) is 5.24 Å². The van der Waals surface area contributed by atoms with Crippen molar-refractivity contribution >= 4 is 23.0 Å². The quantitative estimate of drug-likeness (QED) is 0.104. The van der Waals surface area contributed by atoms with Gasteiger partial charge in [-0.1, -0.05) is 82.7 Å². The van der Waals surface area contributed by atoms with Crippen LogP contribution in [0.25, 0.3) is 0 Å². The number of carbonyl (C=O) groups is 2. The Kier molecular flexibility index (Phi) is 22.4. The highest BCUT2D eigenvalue weighted by Gasteiger charge is 2.13. The molecular formula is C26H50N2O3S. The van der Waals surface area contributed by atoms with E-state index in [0.29, 0.717) is 13.0 Å². The molecule has 0 fully saturated rings. The fourth-order valence-electron chi connectivity index (χ4n) is 3.27. The summed E-state index contributed by atoms with van der Waals surface area (Å²) in [6.07, 6.45) is 18.1. The molecule has 0 aromatic rings. The van der Waals surface area contributed by atoms with Crippen LogP contribution in [-0.4, -0.2) is 67.1 Å². The summed E-state index contributed by atoms with van der Waals surface area (Å²) in [6.45, 7) is 7.35. The molecule has 6 heteroatoms. The molecule has 0 spiro atoms. The summed E-state index contributed by atoms with van der Waals surface area (Å²) in [5, 5.41) is 0.198. The standard InChI is InChI=1S/C26H50N2O3S/c1-5-7-9-11-12-13-18-23-31-25(29)19-15-14-17-21-28(20-16-10-8-6-2)26(30)32-24-22-27(3)4/h13,18H,5-12,14-17,19-24H2,1-4H3/b18-13-. The Balaban J connectivity index is 3.98. The molecule has 0 radical (unpaired) electrons.